The van der Waals surface area contributed by atoms with Crippen LogP contribution in [0.1, 0.15) is 69.8 Å². The minimum Gasteiger partial charge on any atom is -0.348 e. The van der Waals surface area contributed by atoms with E-state index in [2.05, 4.69) is 6.92 Å². The summed E-state index contributed by atoms with van der Waals surface area (Å²) in [6.07, 6.45) is 9.85. The van der Waals surface area contributed by atoms with Crippen molar-refractivity contribution in [3.05, 3.63) is 95.1 Å². The zero-order valence-corrected chi connectivity index (χ0v) is 22.6. The fourth-order valence-corrected chi connectivity index (χ4v) is 4.98. The number of allylic oxidation sites excluding steroid dienone is 1. The van der Waals surface area contributed by atoms with E-state index in [1.165, 1.54) is 31.4 Å². The van der Waals surface area contributed by atoms with Crippen LogP contribution in [0.15, 0.2) is 60.7 Å². The van der Waals surface area contributed by atoms with Crippen molar-refractivity contribution in [1.82, 2.24) is 0 Å². The van der Waals surface area contributed by atoms with Crippen LogP contribution in [0.5, 0.6) is 0 Å². The van der Waals surface area contributed by atoms with Crippen molar-refractivity contribution in [2.75, 3.05) is 13.2 Å². The van der Waals surface area contributed by atoms with Gasteiger partial charge >= 0.3 is 0 Å². The molecule has 0 amide bonds. The van der Waals surface area contributed by atoms with Gasteiger partial charge in [-0.25, -0.2) is 17.6 Å². The Morgan fingerprint density at radius 3 is 1.87 bits per heavy atom. The highest BCUT2D eigenvalue weighted by molar-refractivity contribution is 5.71. The van der Waals surface area contributed by atoms with Crippen LogP contribution in [0.3, 0.4) is 0 Å². The molecule has 0 saturated carbocycles. The Kier molecular flexibility index (Phi) is 10.4. The highest BCUT2D eigenvalue weighted by atomic mass is 19.2. The molecule has 3 aromatic carbocycles. The van der Waals surface area contributed by atoms with E-state index in [9.17, 15) is 13.2 Å². The first-order valence-corrected chi connectivity index (χ1v) is 13.9. The summed E-state index contributed by atoms with van der Waals surface area (Å²) in [6, 6.07) is 12.5. The maximum Gasteiger partial charge on any atom is 0.186 e. The van der Waals surface area contributed by atoms with E-state index in [0.717, 1.165) is 19.3 Å². The summed E-state index contributed by atoms with van der Waals surface area (Å²) >= 11 is 0. The third-order valence-corrected chi connectivity index (χ3v) is 7.22. The van der Waals surface area contributed by atoms with Crippen LogP contribution in [-0.2, 0) is 15.9 Å². The molecule has 1 aliphatic heterocycles. The molecule has 0 atom stereocenters. The molecular formula is C33H36F4O2. The lowest BCUT2D eigenvalue weighted by atomic mass is 9.96. The topological polar surface area (TPSA) is 18.5 Å². The Bertz CT molecular complexity index is 1260. The molecule has 6 heteroatoms. The predicted octanol–water partition coefficient (Wildman–Crippen LogP) is 9.72. The van der Waals surface area contributed by atoms with Gasteiger partial charge < -0.3 is 9.47 Å². The number of aryl methyl sites for hydroxylation is 1. The van der Waals surface area contributed by atoms with Crippen molar-refractivity contribution in [3.8, 4) is 22.3 Å². The fourth-order valence-electron chi connectivity index (χ4n) is 4.98. The van der Waals surface area contributed by atoms with Crippen LogP contribution in [0, 0.1) is 29.2 Å². The molecule has 0 aromatic heterocycles. The summed E-state index contributed by atoms with van der Waals surface area (Å²) in [5.74, 6) is -3.68. The van der Waals surface area contributed by atoms with E-state index >= 15 is 4.39 Å². The molecule has 4 rings (SSSR count). The van der Waals surface area contributed by atoms with E-state index in [1.54, 1.807) is 36.4 Å². The Hall–Kier alpha value is -2.96. The third-order valence-electron chi connectivity index (χ3n) is 7.22. The maximum absolute atomic E-state index is 15.1. The fraction of sp³-hybridized carbons (Fsp3) is 0.394. The maximum atomic E-state index is 15.1. The first-order valence-electron chi connectivity index (χ1n) is 13.9. The summed E-state index contributed by atoms with van der Waals surface area (Å²) in [7, 11) is 0. The van der Waals surface area contributed by atoms with Crippen molar-refractivity contribution >= 4 is 0 Å². The first-order chi connectivity index (χ1) is 18.9. The Morgan fingerprint density at radius 2 is 1.26 bits per heavy atom. The number of rotatable bonds is 11. The molecule has 0 spiro atoms. The van der Waals surface area contributed by atoms with Crippen molar-refractivity contribution in [1.29, 1.82) is 0 Å². The normalized spacial score (nSPS) is 17.7. The average Bonchev–Trinajstić information content (AvgIpc) is 2.95. The molecular weight excluding hydrogens is 504 g/mol. The number of halogens is 4. The van der Waals surface area contributed by atoms with Crippen molar-refractivity contribution in [2.45, 2.75) is 65.1 Å². The van der Waals surface area contributed by atoms with Gasteiger partial charge in [-0.1, -0.05) is 99.7 Å². The van der Waals surface area contributed by atoms with Gasteiger partial charge in [0.1, 0.15) is 0 Å². The van der Waals surface area contributed by atoms with E-state index in [-0.39, 0.29) is 22.6 Å². The summed E-state index contributed by atoms with van der Waals surface area (Å²) in [6.45, 7) is 4.77. The largest absolute Gasteiger partial charge is 0.348 e. The van der Waals surface area contributed by atoms with E-state index in [0.29, 0.717) is 36.3 Å². The average molecular weight is 541 g/mol. The van der Waals surface area contributed by atoms with E-state index < -0.39 is 29.6 Å². The van der Waals surface area contributed by atoms with E-state index in [4.69, 9.17) is 9.47 Å². The molecule has 2 nitrogen and oxygen atoms in total. The SMILES string of the molecule is C/C=C/C1COC(c2ccc(-c3ccc(-c4ccc(CCCCCCCC)c(F)c4F)cc3)c(F)c2F)OC1. The van der Waals surface area contributed by atoms with Gasteiger partial charge in [-0.15, -0.1) is 0 Å². The Labute approximate surface area is 228 Å². The second-order valence-electron chi connectivity index (χ2n) is 10.1. The number of ether oxygens (including phenoxy) is 2. The first kappa shape index (κ1) is 29.0. The van der Waals surface area contributed by atoms with Crippen molar-refractivity contribution < 1.29 is 27.0 Å². The highest BCUT2D eigenvalue weighted by Crippen LogP contribution is 2.34. The standard InChI is InChI=1S/C33H36F4O2/c1-3-5-6-7-8-9-11-25-16-17-26(30(35)29(25)34)23-12-14-24(15-13-23)27-18-19-28(32(37)31(27)36)33-38-20-22(10-4-2)21-39-33/h4,10,12-19,22,33H,3,5-9,11,20-21H2,1-2H3/b10-4+. The van der Waals surface area contributed by atoms with Gasteiger partial charge in [0, 0.05) is 22.6 Å². The smallest absolute Gasteiger partial charge is 0.186 e. The molecule has 0 bridgehead atoms. The second-order valence-corrected chi connectivity index (χ2v) is 10.1. The van der Waals surface area contributed by atoms with Crippen molar-refractivity contribution in [2.24, 2.45) is 5.92 Å². The summed E-state index contributed by atoms with van der Waals surface area (Å²) in [5.41, 5.74) is 1.45. The van der Waals surface area contributed by atoms with Crippen LogP contribution in [0.2, 0.25) is 0 Å². The molecule has 39 heavy (non-hydrogen) atoms. The number of benzene rings is 3. The quantitative estimate of drug-likeness (QED) is 0.137. The molecule has 3 aromatic rings. The van der Waals surface area contributed by atoms with Gasteiger partial charge in [-0.3, -0.25) is 0 Å². The molecule has 208 valence electrons. The lowest BCUT2D eigenvalue weighted by molar-refractivity contribution is -0.199. The molecule has 0 radical (unpaired) electrons. The Balaban J connectivity index is 1.45. The lowest BCUT2D eigenvalue weighted by Gasteiger charge is -2.28. The number of hydrogen-bond donors (Lipinski definition) is 0. The predicted molar refractivity (Wildman–Crippen MR) is 147 cm³/mol. The molecule has 0 unspecified atom stereocenters. The van der Waals surface area contributed by atoms with Crippen LogP contribution in [-0.4, -0.2) is 13.2 Å². The molecule has 0 aliphatic carbocycles. The minimum absolute atomic E-state index is 0.00499. The number of hydrogen-bond acceptors (Lipinski definition) is 2. The summed E-state index contributed by atoms with van der Waals surface area (Å²) in [4.78, 5) is 0. The van der Waals surface area contributed by atoms with Gasteiger partial charge in [-0.05, 0) is 36.5 Å². The Morgan fingerprint density at radius 1 is 0.692 bits per heavy atom. The van der Waals surface area contributed by atoms with Crippen molar-refractivity contribution in [3.63, 3.8) is 0 Å². The lowest BCUT2D eigenvalue weighted by Crippen LogP contribution is -2.26. The van der Waals surface area contributed by atoms with Gasteiger partial charge in [0.05, 0.1) is 13.2 Å². The monoisotopic (exact) mass is 540 g/mol. The minimum atomic E-state index is -1.03. The summed E-state index contributed by atoms with van der Waals surface area (Å²) in [5, 5.41) is 0. The molecule has 1 aliphatic rings. The second kappa shape index (κ2) is 13.9. The molecule has 1 fully saturated rings. The molecule has 1 saturated heterocycles. The van der Waals surface area contributed by atoms with E-state index in [1.807, 2.05) is 19.1 Å². The van der Waals surface area contributed by atoms with Gasteiger partial charge in [-0.2, -0.15) is 0 Å². The van der Waals surface area contributed by atoms with Crippen LogP contribution in [0.4, 0.5) is 17.6 Å². The zero-order valence-electron chi connectivity index (χ0n) is 22.6. The van der Waals surface area contributed by atoms with Crippen LogP contribution >= 0.6 is 0 Å². The molecule has 0 N–H and O–H groups in total. The highest BCUT2D eigenvalue weighted by Gasteiger charge is 2.27. The third kappa shape index (κ3) is 6.98. The molecule has 1 heterocycles. The number of unbranched alkanes of at least 4 members (excludes halogenated alkanes) is 5. The van der Waals surface area contributed by atoms with Gasteiger partial charge in [0.25, 0.3) is 0 Å². The zero-order chi connectivity index (χ0) is 27.8. The van der Waals surface area contributed by atoms with Crippen LogP contribution < -0.4 is 0 Å². The van der Waals surface area contributed by atoms with Gasteiger partial charge in [0.2, 0.25) is 0 Å². The van der Waals surface area contributed by atoms with Gasteiger partial charge in [0.15, 0.2) is 29.6 Å². The summed E-state index contributed by atoms with van der Waals surface area (Å²) < 4.78 is 71.0. The van der Waals surface area contributed by atoms with Crippen LogP contribution in [0.25, 0.3) is 22.3 Å².